The van der Waals surface area contributed by atoms with Gasteiger partial charge in [-0.2, -0.15) is 0 Å². The molecule has 1 aromatic rings. The van der Waals surface area contributed by atoms with Crippen LogP contribution in [-0.4, -0.2) is 23.4 Å². The molecule has 80 valence electrons. The molecular formula is C11H13FN2O. The first-order valence-electron chi connectivity index (χ1n) is 5.13. The number of ketones is 1. The molecular weight excluding hydrogens is 195 g/mol. The van der Waals surface area contributed by atoms with Crippen molar-refractivity contribution >= 4 is 5.78 Å². The molecule has 1 N–H and O–H groups in total. The molecule has 0 bridgehead atoms. The smallest absolute Gasteiger partial charge is 0.167 e. The Morgan fingerprint density at radius 3 is 3.07 bits per heavy atom. The van der Waals surface area contributed by atoms with Crippen LogP contribution in [0.1, 0.15) is 29.6 Å². The van der Waals surface area contributed by atoms with Crippen molar-refractivity contribution in [3.8, 4) is 0 Å². The number of halogens is 1. The van der Waals surface area contributed by atoms with E-state index in [1.165, 1.54) is 25.1 Å². The third kappa shape index (κ3) is 2.83. The fourth-order valence-electron chi connectivity index (χ4n) is 1.41. The summed E-state index contributed by atoms with van der Waals surface area (Å²) in [7, 11) is 0. The van der Waals surface area contributed by atoms with Crippen molar-refractivity contribution in [2.45, 2.75) is 25.3 Å². The van der Waals surface area contributed by atoms with Crippen LogP contribution < -0.4 is 5.32 Å². The van der Waals surface area contributed by atoms with Gasteiger partial charge in [0.15, 0.2) is 11.6 Å². The van der Waals surface area contributed by atoms with Gasteiger partial charge in [0.2, 0.25) is 0 Å². The zero-order valence-electron chi connectivity index (χ0n) is 8.37. The van der Waals surface area contributed by atoms with E-state index < -0.39 is 5.82 Å². The van der Waals surface area contributed by atoms with Gasteiger partial charge in [0.1, 0.15) is 0 Å². The topological polar surface area (TPSA) is 42.0 Å². The van der Waals surface area contributed by atoms with E-state index in [4.69, 9.17) is 0 Å². The number of hydrogen-bond donors (Lipinski definition) is 1. The predicted octanol–water partition coefficient (Wildman–Crippen LogP) is 1.55. The summed E-state index contributed by atoms with van der Waals surface area (Å²) < 4.78 is 13.1. The number of hydrogen-bond acceptors (Lipinski definition) is 3. The molecule has 1 heterocycles. The summed E-state index contributed by atoms with van der Waals surface area (Å²) in [5, 5.41) is 3.22. The second-order valence-corrected chi connectivity index (χ2v) is 3.76. The SMILES string of the molecule is O=C(CCNC1CC1)c1ccncc1F. The number of carbonyl (C=O) groups is 1. The number of aromatic nitrogens is 1. The van der Waals surface area contributed by atoms with Gasteiger partial charge in [0.05, 0.1) is 11.8 Å². The highest BCUT2D eigenvalue weighted by Crippen LogP contribution is 2.18. The van der Waals surface area contributed by atoms with Crippen molar-refractivity contribution in [3.05, 3.63) is 29.8 Å². The first-order valence-corrected chi connectivity index (χ1v) is 5.13. The standard InChI is InChI=1S/C11H13FN2O/c12-10-7-13-5-3-9(10)11(15)4-6-14-8-1-2-8/h3,5,7-8,14H,1-2,4,6H2. The Morgan fingerprint density at radius 2 is 2.40 bits per heavy atom. The van der Waals surface area contributed by atoms with Gasteiger partial charge in [0, 0.05) is 25.2 Å². The van der Waals surface area contributed by atoms with Gasteiger partial charge in [-0.15, -0.1) is 0 Å². The van der Waals surface area contributed by atoms with Crippen molar-refractivity contribution in [2.75, 3.05) is 6.54 Å². The van der Waals surface area contributed by atoms with Crippen molar-refractivity contribution in [1.29, 1.82) is 0 Å². The minimum Gasteiger partial charge on any atom is -0.314 e. The van der Waals surface area contributed by atoms with E-state index in [9.17, 15) is 9.18 Å². The van der Waals surface area contributed by atoms with Crippen LogP contribution in [0.5, 0.6) is 0 Å². The minimum atomic E-state index is -0.533. The highest BCUT2D eigenvalue weighted by molar-refractivity contribution is 5.96. The summed E-state index contributed by atoms with van der Waals surface area (Å²) in [6.07, 6.45) is 5.24. The molecule has 0 unspecified atom stereocenters. The van der Waals surface area contributed by atoms with Gasteiger partial charge in [0.25, 0.3) is 0 Å². The van der Waals surface area contributed by atoms with Gasteiger partial charge < -0.3 is 5.32 Å². The van der Waals surface area contributed by atoms with Gasteiger partial charge in [-0.05, 0) is 18.9 Å². The fraction of sp³-hybridized carbons (Fsp3) is 0.455. The molecule has 0 aromatic carbocycles. The molecule has 0 spiro atoms. The number of nitrogens with one attached hydrogen (secondary N) is 1. The zero-order valence-corrected chi connectivity index (χ0v) is 8.37. The Bertz CT molecular complexity index is 363. The molecule has 1 aliphatic carbocycles. The molecule has 2 rings (SSSR count). The lowest BCUT2D eigenvalue weighted by atomic mass is 10.1. The first kappa shape index (κ1) is 10.2. The van der Waals surface area contributed by atoms with E-state index in [-0.39, 0.29) is 11.3 Å². The summed E-state index contributed by atoms with van der Waals surface area (Å²) in [5.74, 6) is -0.697. The molecule has 0 amide bonds. The van der Waals surface area contributed by atoms with Crippen molar-refractivity contribution in [3.63, 3.8) is 0 Å². The molecule has 1 saturated carbocycles. The summed E-state index contributed by atoms with van der Waals surface area (Å²) in [6.45, 7) is 0.630. The highest BCUT2D eigenvalue weighted by atomic mass is 19.1. The Kier molecular flexibility index (Phi) is 3.06. The number of pyridine rings is 1. The van der Waals surface area contributed by atoms with Crippen molar-refractivity contribution < 1.29 is 9.18 Å². The maximum atomic E-state index is 13.1. The average Bonchev–Trinajstić information content (AvgIpc) is 3.02. The third-order valence-electron chi connectivity index (χ3n) is 2.44. The largest absolute Gasteiger partial charge is 0.314 e. The van der Waals surface area contributed by atoms with Gasteiger partial charge in [-0.3, -0.25) is 9.78 Å². The highest BCUT2D eigenvalue weighted by Gasteiger charge is 2.20. The molecule has 0 saturated heterocycles. The number of carbonyl (C=O) groups excluding carboxylic acids is 1. The third-order valence-corrected chi connectivity index (χ3v) is 2.44. The van der Waals surface area contributed by atoms with Crippen LogP contribution in [0.25, 0.3) is 0 Å². The van der Waals surface area contributed by atoms with E-state index in [1.807, 2.05) is 0 Å². The Labute approximate surface area is 87.7 Å². The van der Waals surface area contributed by atoms with Crippen LogP contribution >= 0.6 is 0 Å². The molecule has 3 nitrogen and oxygen atoms in total. The fourth-order valence-corrected chi connectivity index (χ4v) is 1.41. The normalized spacial score (nSPS) is 15.3. The molecule has 15 heavy (non-hydrogen) atoms. The van der Waals surface area contributed by atoms with E-state index in [1.54, 1.807) is 0 Å². The summed E-state index contributed by atoms with van der Waals surface area (Å²) in [4.78, 5) is 15.2. The number of Topliss-reactive ketones (excluding diaryl/α,β-unsaturated/α-hetero) is 1. The first-order chi connectivity index (χ1) is 7.27. The van der Waals surface area contributed by atoms with Gasteiger partial charge in [-0.1, -0.05) is 0 Å². The maximum absolute atomic E-state index is 13.1. The van der Waals surface area contributed by atoms with E-state index in [0.717, 1.165) is 6.20 Å². The average molecular weight is 208 g/mol. The molecule has 4 heteroatoms. The monoisotopic (exact) mass is 208 g/mol. The Morgan fingerprint density at radius 1 is 1.60 bits per heavy atom. The summed E-state index contributed by atoms with van der Waals surface area (Å²) in [5.41, 5.74) is 0.141. The number of rotatable bonds is 5. The zero-order chi connectivity index (χ0) is 10.7. The summed E-state index contributed by atoms with van der Waals surface area (Å²) in [6, 6.07) is 2.01. The van der Waals surface area contributed by atoms with Crippen LogP contribution in [0.3, 0.4) is 0 Å². The van der Waals surface area contributed by atoms with Crippen LogP contribution in [0.4, 0.5) is 4.39 Å². The summed E-state index contributed by atoms with van der Waals surface area (Å²) >= 11 is 0. The quantitative estimate of drug-likeness (QED) is 0.746. The number of nitrogens with zero attached hydrogens (tertiary/aromatic N) is 1. The van der Waals surface area contributed by atoms with Gasteiger partial charge in [-0.25, -0.2) is 4.39 Å². The molecule has 1 aromatic heterocycles. The lowest BCUT2D eigenvalue weighted by molar-refractivity contribution is 0.0978. The Balaban J connectivity index is 1.86. The second kappa shape index (κ2) is 4.49. The van der Waals surface area contributed by atoms with Crippen LogP contribution in [-0.2, 0) is 0 Å². The van der Waals surface area contributed by atoms with Crippen LogP contribution in [0.2, 0.25) is 0 Å². The lowest BCUT2D eigenvalue weighted by Gasteiger charge is -2.02. The molecule has 0 aliphatic heterocycles. The van der Waals surface area contributed by atoms with Crippen molar-refractivity contribution in [1.82, 2.24) is 10.3 Å². The predicted molar refractivity (Wildman–Crippen MR) is 54.2 cm³/mol. The van der Waals surface area contributed by atoms with Gasteiger partial charge >= 0.3 is 0 Å². The second-order valence-electron chi connectivity index (χ2n) is 3.76. The molecule has 0 radical (unpaired) electrons. The van der Waals surface area contributed by atoms with Crippen LogP contribution in [0.15, 0.2) is 18.5 Å². The van der Waals surface area contributed by atoms with E-state index in [0.29, 0.717) is 19.0 Å². The molecule has 1 aliphatic rings. The maximum Gasteiger partial charge on any atom is 0.167 e. The molecule has 0 atom stereocenters. The van der Waals surface area contributed by atoms with E-state index in [2.05, 4.69) is 10.3 Å². The van der Waals surface area contributed by atoms with E-state index >= 15 is 0 Å². The molecule has 1 fully saturated rings. The van der Waals surface area contributed by atoms with Crippen LogP contribution in [0, 0.1) is 5.82 Å². The Hall–Kier alpha value is -1.29. The lowest BCUT2D eigenvalue weighted by Crippen LogP contribution is -2.20. The van der Waals surface area contributed by atoms with Crippen molar-refractivity contribution in [2.24, 2.45) is 0 Å². The minimum absolute atomic E-state index is 0.141.